The zero-order valence-corrected chi connectivity index (χ0v) is 13.9. The van der Waals surface area contributed by atoms with Gasteiger partial charge in [0, 0.05) is 12.7 Å². The number of ether oxygens (including phenoxy) is 1. The number of carboxylic acid groups (broad SMARTS) is 1. The van der Waals surface area contributed by atoms with Crippen LogP contribution in [0.15, 0.2) is 41.6 Å². The first kappa shape index (κ1) is 16.5. The number of rotatable bonds is 4. The van der Waals surface area contributed by atoms with Gasteiger partial charge in [0.1, 0.15) is 22.5 Å². The first-order valence-corrected chi connectivity index (χ1v) is 8.21. The molecule has 2 aliphatic rings. The Morgan fingerprint density at radius 1 is 1.29 bits per heavy atom. The lowest BCUT2D eigenvalue weighted by Gasteiger charge is -2.50. The molecule has 0 spiro atoms. The molecule has 8 heteroatoms. The first-order valence-electron chi connectivity index (χ1n) is 7.27. The maximum absolute atomic E-state index is 12.4. The Balaban J connectivity index is 1.82. The molecular formula is C16H16N2O5S. The fraction of sp³-hybridized carbons (Fsp3) is 0.312. The van der Waals surface area contributed by atoms with Gasteiger partial charge in [0.25, 0.3) is 11.8 Å². The molecule has 7 nitrogen and oxygen atoms in total. The smallest absolute Gasteiger partial charge is 0.352 e. The Kier molecular flexibility index (Phi) is 4.33. The minimum absolute atomic E-state index is 0.0687. The number of carboxylic acids is 1. The number of thioether (sulfide) groups is 1. The molecule has 0 radical (unpaired) electrons. The van der Waals surface area contributed by atoms with Crippen molar-refractivity contribution >= 4 is 29.5 Å². The standard InChI is InChI=1S/C16H16N2O5S/c1-8-11(15(21)22)18-13(20)10(14(18)24-16(8)23-2)17-12(19)9-6-4-3-5-7-9/h3-7,10,14,16H,1-2H3,(H,17,19)(H,21,22)/t10-,14-,16-/m0/s1. The Bertz CT molecular complexity index is 733. The second kappa shape index (κ2) is 6.29. The van der Waals surface area contributed by atoms with Crippen LogP contribution in [0.5, 0.6) is 0 Å². The lowest BCUT2D eigenvalue weighted by molar-refractivity contribution is -0.149. The van der Waals surface area contributed by atoms with Crippen molar-refractivity contribution in [3.8, 4) is 0 Å². The van der Waals surface area contributed by atoms with E-state index < -0.39 is 28.7 Å². The molecule has 1 aromatic rings. The van der Waals surface area contributed by atoms with E-state index in [9.17, 15) is 19.5 Å². The average molecular weight is 348 g/mol. The van der Waals surface area contributed by atoms with Crippen molar-refractivity contribution in [1.82, 2.24) is 10.2 Å². The van der Waals surface area contributed by atoms with Gasteiger partial charge in [0.2, 0.25) is 0 Å². The predicted molar refractivity (Wildman–Crippen MR) is 87.1 cm³/mol. The Labute approximate surface area is 142 Å². The molecule has 2 amide bonds. The Hall–Kier alpha value is -2.32. The predicted octanol–water partition coefficient (Wildman–Crippen LogP) is 1.03. The molecule has 24 heavy (non-hydrogen) atoms. The number of carbonyl (C=O) groups excluding carboxylic acids is 2. The summed E-state index contributed by atoms with van der Waals surface area (Å²) < 4.78 is 5.30. The van der Waals surface area contributed by atoms with Gasteiger partial charge in [0.05, 0.1) is 0 Å². The van der Waals surface area contributed by atoms with Crippen molar-refractivity contribution in [2.24, 2.45) is 0 Å². The molecule has 1 saturated heterocycles. The van der Waals surface area contributed by atoms with E-state index in [0.29, 0.717) is 11.1 Å². The number of carbonyl (C=O) groups is 3. The van der Waals surface area contributed by atoms with Crippen LogP contribution in [0.3, 0.4) is 0 Å². The largest absolute Gasteiger partial charge is 0.477 e. The molecule has 0 aliphatic carbocycles. The number of aliphatic carboxylic acids is 1. The number of methoxy groups -OCH3 is 1. The average Bonchev–Trinajstić information content (AvgIpc) is 2.59. The van der Waals surface area contributed by atoms with E-state index in [1.54, 1.807) is 37.3 Å². The zero-order valence-electron chi connectivity index (χ0n) is 13.1. The second-order valence-electron chi connectivity index (χ2n) is 5.46. The van der Waals surface area contributed by atoms with E-state index in [1.807, 2.05) is 0 Å². The highest BCUT2D eigenvalue weighted by molar-refractivity contribution is 8.00. The van der Waals surface area contributed by atoms with Crippen LogP contribution in [0.4, 0.5) is 0 Å². The number of nitrogens with one attached hydrogen (secondary N) is 1. The lowest BCUT2D eigenvalue weighted by atomic mass is 10.0. The molecule has 1 aromatic carbocycles. The number of amides is 2. The molecule has 126 valence electrons. The van der Waals surface area contributed by atoms with Crippen molar-refractivity contribution in [2.75, 3.05) is 7.11 Å². The molecule has 3 rings (SSSR count). The van der Waals surface area contributed by atoms with E-state index >= 15 is 0 Å². The highest BCUT2D eigenvalue weighted by Gasteiger charge is 2.55. The van der Waals surface area contributed by atoms with E-state index in [-0.39, 0.29) is 11.6 Å². The second-order valence-corrected chi connectivity index (χ2v) is 6.64. The maximum atomic E-state index is 12.4. The fourth-order valence-electron chi connectivity index (χ4n) is 2.82. The molecule has 3 atom stereocenters. The number of nitrogens with zero attached hydrogens (tertiary/aromatic N) is 1. The molecule has 2 aliphatic heterocycles. The zero-order chi connectivity index (χ0) is 17.4. The summed E-state index contributed by atoms with van der Waals surface area (Å²) in [6, 6.07) is 7.77. The molecule has 2 heterocycles. The monoisotopic (exact) mass is 348 g/mol. The summed E-state index contributed by atoms with van der Waals surface area (Å²) in [6.07, 6.45) is 0. The summed E-state index contributed by atoms with van der Waals surface area (Å²) in [7, 11) is 1.48. The van der Waals surface area contributed by atoms with Crippen LogP contribution in [0.2, 0.25) is 0 Å². The van der Waals surface area contributed by atoms with Gasteiger partial charge in [-0.15, -0.1) is 0 Å². The van der Waals surface area contributed by atoms with Crippen LogP contribution in [0.1, 0.15) is 17.3 Å². The van der Waals surface area contributed by atoms with E-state index in [2.05, 4.69) is 5.32 Å². The van der Waals surface area contributed by atoms with E-state index in [0.717, 1.165) is 0 Å². The van der Waals surface area contributed by atoms with Crippen molar-refractivity contribution in [2.45, 2.75) is 23.8 Å². The molecule has 0 saturated carbocycles. The Morgan fingerprint density at radius 2 is 1.96 bits per heavy atom. The van der Waals surface area contributed by atoms with Gasteiger partial charge in [-0.05, 0) is 24.6 Å². The van der Waals surface area contributed by atoms with Gasteiger partial charge in [-0.3, -0.25) is 14.5 Å². The van der Waals surface area contributed by atoms with Crippen molar-refractivity contribution in [3.63, 3.8) is 0 Å². The molecule has 2 N–H and O–H groups in total. The first-order chi connectivity index (χ1) is 11.5. The topological polar surface area (TPSA) is 95.9 Å². The third-order valence-electron chi connectivity index (χ3n) is 4.01. The summed E-state index contributed by atoms with van der Waals surface area (Å²) in [5.74, 6) is -1.98. The van der Waals surface area contributed by atoms with Crippen LogP contribution >= 0.6 is 11.8 Å². The Morgan fingerprint density at radius 3 is 2.54 bits per heavy atom. The molecule has 1 fully saturated rings. The third-order valence-corrected chi connectivity index (χ3v) is 5.57. The SMILES string of the molecule is CO[C@H]1S[C@H]2[C@@H](NC(=O)c3ccccc3)C(=O)N2C(C(=O)O)=C1C. The van der Waals surface area contributed by atoms with Gasteiger partial charge < -0.3 is 15.2 Å². The van der Waals surface area contributed by atoms with Gasteiger partial charge in [0.15, 0.2) is 0 Å². The summed E-state index contributed by atoms with van der Waals surface area (Å²) in [5, 5.41) is 11.6. The molecule has 0 unspecified atom stereocenters. The van der Waals surface area contributed by atoms with Crippen LogP contribution < -0.4 is 5.32 Å². The van der Waals surface area contributed by atoms with E-state index in [4.69, 9.17) is 4.74 Å². The van der Waals surface area contributed by atoms with Crippen molar-refractivity contribution in [3.05, 3.63) is 47.2 Å². The molecule has 0 aromatic heterocycles. The highest BCUT2D eigenvalue weighted by atomic mass is 32.2. The molecular weight excluding hydrogens is 332 g/mol. The maximum Gasteiger partial charge on any atom is 0.352 e. The number of benzene rings is 1. The quantitative estimate of drug-likeness (QED) is 0.789. The number of hydrogen-bond acceptors (Lipinski definition) is 5. The number of fused-ring (bicyclic) bond motifs is 1. The van der Waals surface area contributed by atoms with Crippen LogP contribution in [0, 0.1) is 0 Å². The van der Waals surface area contributed by atoms with E-state index in [1.165, 1.54) is 23.8 Å². The molecule has 0 bridgehead atoms. The minimum Gasteiger partial charge on any atom is -0.477 e. The van der Waals surface area contributed by atoms with Crippen LogP contribution in [-0.2, 0) is 14.3 Å². The lowest BCUT2D eigenvalue weighted by Crippen LogP contribution is -2.71. The van der Waals surface area contributed by atoms with Gasteiger partial charge in [-0.1, -0.05) is 30.0 Å². The number of β-lactam (4-membered cyclic amide) rings is 1. The highest BCUT2D eigenvalue weighted by Crippen LogP contribution is 2.44. The van der Waals surface area contributed by atoms with Crippen LogP contribution in [0.25, 0.3) is 0 Å². The van der Waals surface area contributed by atoms with Gasteiger partial charge in [-0.25, -0.2) is 4.79 Å². The van der Waals surface area contributed by atoms with Gasteiger partial charge in [-0.2, -0.15) is 0 Å². The van der Waals surface area contributed by atoms with Gasteiger partial charge >= 0.3 is 5.97 Å². The summed E-state index contributed by atoms with van der Waals surface area (Å²) in [4.78, 5) is 37.3. The van der Waals surface area contributed by atoms with Crippen molar-refractivity contribution in [1.29, 1.82) is 0 Å². The summed E-state index contributed by atoms with van der Waals surface area (Å²) >= 11 is 1.31. The summed E-state index contributed by atoms with van der Waals surface area (Å²) in [6.45, 7) is 1.63. The summed E-state index contributed by atoms with van der Waals surface area (Å²) in [5.41, 5.74) is 0.382. The normalized spacial score (nSPS) is 25.8. The minimum atomic E-state index is -1.18. The third kappa shape index (κ3) is 2.57. The fourth-order valence-corrected chi connectivity index (χ4v) is 4.18. The van der Waals surface area contributed by atoms with Crippen molar-refractivity contribution < 1.29 is 24.2 Å². The number of hydrogen-bond donors (Lipinski definition) is 2. The van der Waals surface area contributed by atoms with Crippen LogP contribution in [-0.4, -0.2) is 51.8 Å².